The van der Waals surface area contributed by atoms with Crippen molar-refractivity contribution >= 4 is 11.6 Å². The van der Waals surface area contributed by atoms with Gasteiger partial charge in [0.2, 0.25) is 5.91 Å². The van der Waals surface area contributed by atoms with Crippen LogP contribution in [-0.2, 0) is 4.79 Å². The van der Waals surface area contributed by atoms with Crippen molar-refractivity contribution in [2.45, 2.75) is 20.3 Å². The van der Waals surface area contributed by atoms with Gasteiger partial charge in [0.05, 0.1) is 0 Å². The molecule has 0 saturated heterocycles. The van der Waals surface area contributed by atoms with Crippen molar-refractivity contribution in [1.29, 1.82) is 0 Å². The molecule has 0 aromatic heterocycles. The Morgan fingerprint density at radius 3 is 2.40 bits per heavy atom. The van der Waals surface area contributed by atoms with Crippen molar-refractivity contribution in [1.82, 2.24) is 0 Å². The fraction of sp³-hybridized carbons (Fsp3) is 0.308. The highest BCUT2D eigenvalue weighted by atomic mass is 16.2. The van der Waals surface area contributed by atoms with Gasteiger partial charge in [0, 0.05) is 18.7 Å². The van der Waals surface area contributed by atoms with E-state index in [9.17, 15) is 4.79 Å². The molecule has 80 valence electrons. The van der Waals surface area contributed by atoms with Crippen LogP contribution in [0.5, 0.6) is 0 Å². The van der Waals surface area contributed by atoms with Crippen LogP contribution in [0.4, 0.5) is 5.69 Å². The quantitative estimate of drug-likeness (QED) is 0.689. The number of hydrogen-bond acceptors (Lipinski definition) is 1. The average Bonchev–Trinajstić information content (AvgIpc) is 2.26. The molecule has 0 radical (unpaired) electrons. The fourth-order valence-electron chi connectivity index (χ4n) is 1.39. The smallest absolute Gasteiger partial charge is 0.227 e. The van der Waals surface area contributed by atoms with Crippen molar-refractivity contribution in [2.75, 3.05) is 11.4 Å². The number of amides is 1. The Morgan fingerprint density at radius 1 is 1.33 bits per heavy atom. The molecule has 15 heavy (non-hydrogen) atoms. The number of rotatable bonds is 4. The van der Waals surface area contributed by atoms with E-state index in [0.29, 0.717) is 13.0 Å². The summed E-state index contributed by atoms with van der Waals surface area (Å²) >= 11 is 0. The summed E-state index contributed by atoms with van der Waals surface area (Å²) < 4.78 is 0. The zero-order valence-electron chi connectivity index (χ0n) is 9.36. The Labute approximate surface area is 91.2 Å². The highest BCUT2D eigenvalue weighted by Gasteiger charge is 2.12. The van der Waals surface area contributed by atoms with E-state index in [4.69, 9.17) is 0 Å². The van der Waals surface area contributed by atoms with Crippen LogP contribution in [-0.4, -0.2) is 12.5 Å². The summed E-state index contributed by atoms with van der Waals surface area (Å²) in [5.74, 6) is 0.129. The number of hydrogen-bond donors (Lipinski definition) is 0. The maximum absolute atomic E-state index is 11.7. The summed E-state index contributed by atoms with van der Waals surface area (Å²) in [6.07, 6.45) is 0.516. The van der Waals surface area contributed by atoms with Crippen LogP contribution in [0.2, 0.25) is 0 Å². The molecular formula is C13H17NO. The highest BCUT2D eigenvalue weighted by molar-refractivity contribution is 5.93. The predicted molar refractivity (Wildman–Crippen MR) is 63.9 cm³/mol. The first-order valence-electron chi connectivity index (χ1n) is 5.15. The van der Waals surface area contributed by atoms with E-state index in [0.717, 1.165) is 11.3 Å². The molecule has 0 aliphatic carbocycles. The Hall–Kier alpha value is -1.57. The van der Waals surface area contributed by atoms with Crippen molar-refractivity contribution in [3.63, 3.8) is 0 Å². The summed E-state index contributed by atoms with van der Waals surface area (Å²) in [4.78, 5) is 13.5. The molecule has 0 unspecified atom stereocenters. The van der Waals surface area contributed by atoms with Crippen LogP contribution in [0.15, 0.2) is 42.5 Å². The van der Waals surface area contributed by atoms with Gasteiger partial charge < -0.3 is 4.90 Å². The minimum atomic E-state index is 0.129. The van der Waals surface area contributed by atoms with Gasteiger partial charge in [-0.05, 0) is 19.1 Å². The first kappa shape index (κ1) is 11.5. The normalized spacial score (nSPS) is 9.73. The van der Waals surface area contributed by atoms with E-state index in [1.54, 1.807) is 4.90 Å². The second kappa shape index (κ2) is 5.35. The molecule has 2 nitrogen and oxygen atoms in total. The molecule has 0 aliphatic rings. The van der Waals surface area contributed by atoms with Gasteiger partial charge in [0.1, 0.15) is 0 Å². The molecule has 1 rings (SSSR count). The minimum Gasteiger partial charge on any atom is -0.308 e. The third-order valence-electron chi connectivity index (χ3n) is 2.10. The number of carbonyl (C=O) groups is 1. The van der Waals surface area contributed by atoms with E-state index in [-0.39, 0.29) is 5.91 Å². The van der Waals surface area contributed by atoms with Gasteiger partial charge in [0.15, 0.2) is 0 Å². The molecule has 0 spiro atoms. The van der Waals surface area contributed by atoms with Crippen LogP contribution in [0.25, 0.3) is 0 Å². The molecule has 0 N–H and O–H groups in total. The summed E-state index contributed by atoms with van der Waals surface area (Å²) in [6.45, 7) is 8.24. The molecule has 1 amide bonds. The Balaban J connectivity index is 2.91. The van der Waals surface area contributed by atoms with Gasteiger partial charge in [-0.25, -0.2) is 0 Å². The zero-order valence-corrected chi connectivity index (χ0v) is 9.36. The summed E-state index contributed by atoms with van der Waals surface area (Å²) in [7, 11) is 0. The van der Waals surface area contributed by atoms with E-state index in [1.165, 1.54) is 0 Å². The summed E-state index contributed by atoms with van der Waals surface area (Å²) in [6, 6.07) is 9.69. The molecule has 0 fully saturated rings. The Kier molecular flexibility index (Phi) is 4.10. The maximum atomic E-state index is 11.7. The number of benzene rings is 1. The van der Waals surface area contributed by atoms with Gasteiger partial charge in [-0.1, -0.05) is 37.3 Å². The molecule has 1 aromatic carbocycles. The molecule has 0 aliphatic heterocycles. The second-order valence-corrected chi connectivity index (χ2v) is 3.63. The minimum absolute atomic E-state index is 0.129. The van der Waals surface area contributed by atoms with Crippen LogP contribution >= 0.6 is 0 Å². The SMILES string of the molecule is C=C(C)CN(C(=O)CC)c1ccccc1. The van der Waals surface area contributed by atoms with Gasteiger partial charge >= 0.3 is 0 Å². The standard InChI is InChI=1S/C13H17NO/c1-4-13(15)14(10-11(2)3)12-8-6-5-7-9-12/h5-9H,2,4,10H2,1,3H3. The van der Waals surface area contributed by atoms with Gasteiger partial charge in [-0.2, -0.15) is 0 Å². The Morgan fingerprint density at radius 2 is 1.93 bits per heavy atom. The predicted octanol–water partition coefficient (Wildman–Crippen LogP) is 3.01. The van der Waals surface area contributed by atoms with Crippen molar-refractivity contribution < 1.29 is 4.79 Å². The number of para-hydroxylation sites is 1. The van der Waals surface area contributed by atoms with Crippen LogP contribution in [0, 0.1) is 0 Å². The molecule has 0 atom stereocenters. The number of nitrogens with zero attached hydrogens (tertiary/aromatic N) is 1. The lowest BCUT2D eigenvalue weighted by atomic mass is 10.2. The van der Waals surface area contributed by atoms with Gasteiger partial charge in [0.25, 0.3) is 0 Å². The van der Waals surface area contributed by atoms with E-state index >= 15 is 0 Å². The van der Waals surface area contributed by atoms with Crippen LogP contribution in [0.3, 0.4) is 0 Å². The van der Waals surface area contributed by atoms with Crippen LogP contribution in [0.1, 0.15) is 20.3 Å². The zero-order chi connectivity index (χ0) is 11.3. The van der Waals surface area contributed by atoms with E-state index in [2.05, 4.69) is 6.58 Å². The van der Waals surface area contributed by atoms with E-state index < -0.39 is 0 Å². The molecule has 0 heterocycles. The molecule has 2 heteroatoms. The molecular weight excluding hydrogens is 186 g/mol. The largest absolute Gasteiger partial charge is 0.308 e. The topological polar surface area (TPSA) is 20.3 Å². The van der Waals surface area contributed by atoms with Gasteiger partial charge in [-0.3, -0.25) is 4.79 Å². The van der Waals surface area contributed by atoms with E-state index in [1.807, 2.05) is 44.2 Å². The lowest BCUT2D eigenvalue weighted by molar-refractivity contribution is -0.118. The summed E-state index contributed by atoms with van der Waals surface area (Å²) in [5.41, 5.74) is 1.92. The molecule has 0 saturated carbocycles. The lowest BCUT2D eigenvalue weighted by Crippen LogP contribution is -2.31. The van der Waals surface area contributed by atoms with Crippen molar-refractivity contribution in [3.8, 4) is 0 Å². The first-order valence-corrected chi connectivity index (χ1v) is 5.15. The third-order valence-corrected chi connectivity index (χ3v) is 2.10. The van der Waals surface area contributed by atoms with Crippen LogP contribution < -0.4 is 4.90 Å². The second-order valence-electron chi connectivity index (χ2n) is 3.63. The Bertz CT molecular complexity index is 343. The van der Waals surface area contributed by atoms with Crippen molar-refractivity contribution in [3.05, 3.63) is 42.5 Å². The average molecular weight is 203 g/mol. The fourth-order valence-corrected chi connectivity index (χ4v) is 1.39. The number of carbonyl (C=O) groups excluding carboxylic acids is 1. The third kappa shape index (κ3) is 3.24. The van der Waals surface area contributed by atoms with Gasteiger partial charge in [-0.15, -0.1) is 0 Å². The lowest BCUT2D eigenvalue weighted by Gasteiger charge is -2.22. The maximum Gasteiger partial charge on any atom is 0.227 e. The monoisotopic (exact) mass is 203 g/mol. The molecule has 1 aromatic rings. The highest BCUT2D eigenvalue weighted by Crippen LogP contribution is 2.15. The number of anilines is 1. The summed E-state index contributed by atoms with van der Waals surface area (Å²) in [5, 5.41) is 0. The first-order chi connectivity index (χ1) is 7.15. The molecule has 0 bridgehead atoms. The van der Waals surface area contributed by atoms with Crippen molar-refractivity contribution in [2.24, 2.45) is 0 Å².